The predicted octanol–water partition coefficient (Wildman–Crippen LogP) is 5.19. The SMILES string of the molecule is CCN(CC)c1cccc(NC(=O)CCCCC2CCSS2)c1. The summed E-state index contributed by atoms with van der Waals surface area (Å²) in [6.45, 7) is 6.25. The third kappa shape index (κ3) is 6.30. The first-order valence-corrected chi connectivity index (χ1v) is 11.0. The van der Waals surface area contributed by atoms with E-state index in [9.17, 15) is 4.79 Å². The number of carbonyl (C=O) groups excluding carboxylic acids is 1. The van der Waals surface area contributed by atoms with Crippen LogP contribution in [0.25, 0.3) is 0 Å². The third-order valence-corrected chi connectivity index (χ3v) is 7.17. The van der Waals surface area contributed by atoms with Gasteiger partial charge in [-0.15, -0.1) is 0 Å². The van der Waals surface area contributed by atoms with E-state index in [0.717, 1.165) is 36.9 Å². The Morgan fingerprint density at radius 3 is 2.83 bits per heavy atom. The molecule has 23 heavy (non-hydrogen) atoms. The largest absolute Gasteiger partial charge is 0.372 e. The Kier molecular flexibility index (Phi) is 8.17. The van der Waals surface area contributed by atoms with Crippen molar-refractivity contribution in [3.8, 4) is 0 Å². The average Bonchev–Trinajstić information content (AvgIpc) is 3.06. The van der Waals surface area contributed by atoms with E-state index in [1.165, 1.54) is 24.3 Å². The molecule has 128 valence electrons. The Labute approximate surface area is 148 Å². The van der Waals surface area contributed by atoms with Crippen molar-refractivity contribution < 1.29 is 4.79 Å². The molecule has 0 bridgehead atoms. The van der Waals surface area contributed by atoms with Gasteiger partial charge in [0.2, 0.25) is 5.91 Å². The second-order valence-electron chi connectivity index (χ2n) is 5.85. The van der Waals surface area contributed by atoms with Crippen LogP contribution >= 0.6 is 21.6 Å². The van der Waals surface area contributed by atoms with Gasteiger partial charge in [0.1, 0.15) is 0 Å². The van der Waals surface area contributed by atoms with Crippen molar-refractivity contribution in [1.82, 2.24) is 0 Å². The number of nitrogens with one attached hydrogen (secondary N) is 1. The normalized spacial score (nSPS) is 17.2. The summed E-state index contributed by atoms with van der Waals surface area (Å²) in [6, 6.07) is 8.15. The maximum Gasteiger partial charge on any atom is 0.224 e. The van der Waals surface area contributed by atoms with Crippen LogP contribution in [0.5, 0.6) is 0 Å². The van der Waals surface area contributed by atoms with E-state index in [1.54, 1.807) is 0 Å². The number of amides is 1. The van der Waals surface area contributed by atoms with Crippen molar-refractivity contribution in [3.05, 3.63) is 24.3 Å². The van der Waals surface area contributed by atoms with Crippen LogP contribution < -0.4 is 10.2 Å². The van der Waals surface area contributed by atoms with Crippen molar-refractivity contribution in [3.63, 3.8) is 0 Å². The highest BCUT2D eigenvalue weighted by atomic mass is 33.1. The van der Waals surface area contributed by atoms with Crippen LogP contribution in [0.15, 0.2) is 24.3 Å². The van der Waals surface area contributed by atoms with Gasteiger partial charge in [-0.3, -0.25) is 4.79 Å². The highest BCUT2D eigenvalue weighted by Gasteiger charge is 2.15. The zero-order valence-corrected chi connectivity index (χ0v) is 15.8. The lowest BCUT2D eigenvalue weighted by atomic mass is 10.1. The van der Waals surface area contributed by atoms with Crippen molar-refractivity contribution >= 4 is 38.9 Å². The summed E-state index contributed by atoms with van der Waals surface area (Å²) in [4.78, 5) is 14.4. The Morgan fingerprint density at radius 2 is 2.13 bits per heavy atom. The Balaban J connectivity index is 1.72. The lowest BCUT2D eigenvalue weighted by Gasteiger charge is -2.21. The monoisotopic (exact) mass is 352 g/mol. The van der Waals surface area contributed by atoms with Crippen LogP contribution in [0.1, 0.15) is 46.0 Å². The number of carbonyl (C=O) groups is 1. The van der Waals surface area contributed by atoms with Crippen LogP contribution in [0.3, 0.4) is 0 Å². The topological polar surface area (TPSA) is 32.3 Å². The fraction of sp³-hybridized carbons (Fsp3) is 0.611. The number of hydrogen-bond donors (Lipinski definition) is 1. The lowest BCUT2D eigenvalue weighted by Crippen LogP contribution is -2.22. The van der Waals surface area contributed by atoms with Crippen molar-refractivity contribution in [2.45, 2.75) is 51.2 Å². The first-order chi connectivity index (χ1) is 11.2. The molecule has 1 aliphatic rings. The molecular formula is C18H28N2OS2. The second-order valence-corrected chi connectivity index (χ2v) is 8.63. The van der Waals surface area contributed by atoms with E-state index in [0.29, 0.717) is 6.42 Å². The van der Waals surface area contributed by atoms with Gasteiger partial charge in [0.05, 0.1) is 0 Å². The van der Waals surface area contributed by atoms with Crippen LogP contribution in [0.2, 0.25) is 0 Å². The fourth-order valence-corrected chi connectivity index (χ4v) is 5.84. The van der Waals surface area contributed by atoms with Crippen LogP contribution in [0, 0.1) is 0 Å². The standard InChI is InChI=1S/C18H28N2OS2/c1-3-20(4-2)16-9-7-8-15(14-16)19-18(21)11-6-5-10-17-12-13-22-23-17/h7-9,14,17H,3-6,10-13H2,1-2H3,(H,19,21). The Bertz CT molecular complexity index is 486. The number of hydrogen-bond acceptors (Lipinski definition) is 4. The predicted molar refractivity (Wildman–Crippen MR) is 106 cm³/mol. The Morgan fingerprint density at radius 1 is 1.30 bits per heavy atom. The van der Waals surface area contributed by atoms with Crippen molar-refractivity contribution in [2.24, 2.45) is 0 Å². The highest BCUT2D eigenvalue weighted by Crippen LogP contribution is 2.39. The molecule has 1 aromatic rings. The van der Waals surface area contributed by atoms with E-state index in [2.05, 4.69) is 36.2 Å². The number of unbranched alkanes of at least 4 members (excludes halogenated alkanes) is 1. The molecule has 0 saturated carbocycles. The second kappa shape index (κ2) is 10.1. The molecule has 1 N–H and O–H groups in total. The molecule has 1 aliphatic heterocycles. The zero-order valence-electron chi connectivity index (χ0n) is 14.2. The van der Waals surface area contributed by atoms with Gasteiger partial charge in [-0.25, -0.2) is 0 Å². The summed E-state index contributed by atoms with van der Waals surface area (Å²) in [5.74, 6) is 1.42. The van der Waals surface area contributed by atoms with E-state index >= 15 is 0 Å². The molecule has 0 aliphatic carbocycles. The van der Waals surface area contributed by atoms with E-state index < -0.39 is 0 Å². The third-order valence-electron chi connectivity index (χ3n) is 4.17. The first kappa shape index (κ1) is 18.5. The molecule has 0 radical (unpaired) electrons. The van der Waals surface area contributed by atoms with E-state index in [4.69, 9.17) is 0 Å². The van der Waals surface area contributed by atoms with Gasteiger partial charge in [0.25, 0.3) is 0 Å². The summed E-state index contributed by atoms with van der Waals surface area (Å²) in [5.41, 5.74) is 2.07. The molecular weight excluding hydrogens is 324 g/mol. The average molecular weight is 353 g/mol. The maximum absolute atomic E-state index is 12.1. The molecule has 1 amide bonds. The summed E-state index contributed by atoms with van der Waals surface area (Å²) < 4.78 is 0. The molecule has 0 aromatic heterocycles. The molecule has 1 saturated heterocycles. The smallest absolute Gasteiger partial charge is 0.224 e. The summed E-state index contributed by atoms with van der Waals surface area (Å²) in [7, 11) is 4.01. The first-order valence-electron chi connectivity index (χ1n) is 8.66. The van der Waals surface area contributed by atoms with Gasteiger partial charge in [0, 0.05) is 41.9 Å². The van der Waals surface area contributed by atoms with Crippen LogP contribution in [-0.2, 0) is 4.79 Å². The molecule has 5 heteroatoms. The van der Waals surface area contributed by atoms with Gasteiger partial charge < -0.3 is 10.2 Å². The minimum atomic E-state index is 0.134. The maximum atomic E-state index is 12.1. The summed E-state index contributed by atoms with van der Waals surface area (Å²) in [5, 5.41) is 3.85. The minimum absolute atomic E-state index is 0.134. The lowest BCUT2D eigenvalue weighted by molar-refractivity contribution is -0.116. The molecule has 3 nitrogen and oxygen atoms in total. The molecule has 1 heterocycles. The number of rotatable bonds is 9. The molecule has 1 unspecified atom stereocenters. The molecule has 2 rings (SSSR count). The van der Waals surface area contributed by atoms with Gasteiger partial charge in [-0.05, 0) is 51.3 Å². The minimum Gasteiger partial charge on any atom is -0.372 e. The highest BCUT2D eigenvalue weighted by molar-refractivity contribution is 8.77. The fourth-order valence-electron chi connectivity index (χ4n) is 2.81. The summed E-state index contributed by atoms with van der Waals surface area (Å²) in [6.07, 6.45) is 5.36. The molecule has 1 aromatic carbocycles. The van der Waals surface area contributed by atoms with Gasteiger partial charge in [0.15, 0.2) is 0 Å². The number of anilines is 2. The molecule has 1 fully saturated rings. The quantitative estimate of drug-likeness (QED) is 0.490. The zero-order chi connectivity index (χ0) is 16.5. The van der Waals surface area contributed by atoms with Gasteiger partial charge in [-0.1, -0.05) is 34.1 Å². The van der Waals surface area contributed by atoms with E-state index in [-0.39, 0.29) is 5.91 Å². The number of nitrogens with zero attached hydrogens (tertiary/aromatic N) is 1. The summed E-state index contributed by atoms with van der Waals surface area (Å²) >= 11 is 0. The van der Waals surface area contributed by atoms with E-state index in [1.807, 2.05) is 33.7 Å². The van der Waals surface area contributed by atoms with Gasteiger partial charge in [-0.2, -0.15) is 0 Å². The Hall–Kier alpha value is -0.810. The number of benzene rings is 1. The van der Waals surface area contributed by atoms with Crippen molar-refractivity contribution in [1.29, 1.82) is 0 Å². The van der Waals surface area contributed by atoms with Crippen LogP contribution in [0.4, 0.5) is 11.4 Å². The molecule has 1 atom stereocenters. The van der Waals surface area contributed by atoms with Crippen molar-refractivity contribution in [2.75, 3.05) is 29.1 Å². The van der Waals surface area contributed by atoms with Crippen LogP contribution in [-0.4, -0.2) is 30.0 Å². The van der Waals surface area contributed by atoms with Gasteiger partial charge >= 0.3 is 0 Å². The molecule has 0 spiro atoms.